The van der Waals surface area contributed by atoms with E-state index in [9.17, 15) is 4.79 Å². The molecule has 1 amide bonds. The number of rotatable bonds is 2. The molecule has 0 bridgehead atoms. The molecule has 2 aromatic rings. The largest absolute Gasteiger partial charge is 0.489 e. The second kappa shape index (κ2) is 5.38. The summed E-state index contributed by atoms with van der Waals surface area (Å²) in [4.78, 5) is 16.3. The molecule has 0 saturated carbocycles. The van der Waals surface area contributed by atoms with Gasteiger partial charge in [0.1, 0.15) is 12.4 Å². The Morgan fingerprint density at radius 1 is 1.40 bits per heavy atom. The van der Waals surface area contributed by atoms with Crippen molar-refractivity contribution < 1.29 is 9.53 Å². The van der Waals surface area contributed by atoms with Crippen LogP contribution in [0.1, 0.15) is 10.4 Å². The smallest absolute Gasteiger partial charge is 0.260 e. The van der Waals surface area contributed by atoms with E-state index in [2.05, 4.69) is 15.6 Å². The van der Waals surface area contributed by atoms with Crippen LogP contribution < -0.4 is 15.4 Å². The number of hydrogen-bond acceptors (Lipinski definition) is 4. The number of anilines is 2. The van der Waals surface area contributed by atoms with E-state index in [0.29, 0.717) is 28.8 Å². The Labute approximate surface area is 120 Å². The van der Waals surface area contributed by atoms with Crippen LogP contribution in [0.25, 0.3) is 0 Å². The number of nitrogens with one attached hydrogen (secondary N) is 2. The SMILES string of the molecule is O=C(Nc1cc(Cl)ccn1)c1cccc2c1OCCN2. The van der Waals surface area contributed by atoms with Crippen LogP contribution in [0.15, 0.2) is 36.5 Å². The maximum atomic E-state index is 12.3. The van der Waals surface area contributed by atoms with E-state index in [4.69, 9.17) is 16.3 Å². The topological polar surface area (TPSA) is 63.2 Å². The van der Waals surface area contributed by atoms with E-state index in [1.807, 2.05) is 6.07 Å². The molecule has 5 nitrogen and oxygen atoms in total. The summed E-state index contributed by atoms with van der Waals surface area (Å²) in [5, 5.41) is 6.41. The van der Waals surface area contributed by atoms with Gasteiger partial charge in [-0.25, -0.2) is 4.98 Å². The molecule has 0 saturated heterocycles. The molecular weight excluding hydrogens is 278 g/mol. The van der Waals surface area contributed by atoms with Crippen LogP contribution in [-0.4, -0.2) is 24.0 Å². The Hall–Kier alpha value is -2.27. The van der Waals surface area contributed by atoms with Gasteiger partial charge in [-0.05, 0) is 24.3 Å². The highest BCUT2D eigenvalue weighted by Gasteiger charge is 2.19. The molecule has 0 fully saturated rings. The minimum Gasteiger partial charge on any atom is -0.489 e. The summed E-state index contributed by atoms with van der Waals surface area (Å²) in [5.74, 6) is 0.697. The number of amides is 1. The predicted octanol–water partition coefficient (Wildman–Crippen LogP) is 2.79. The molecule has 20 heavy (non-hydrogen) atoms. The van der Waals surface area contributed by atoms with Gasteiger partial charge in [0.2, 0.25) is 0 Å². The summed E-state index contributed by atoms with van der Waals surface area (Å²) in [6.07, 6.45) is 1.54. The number of benzene rings is 1. The average Bonchev–Trinajstić information content (AvgIpc) is 2.46. The highest BCUT2D eigenvalue weighted by Crippen LogP contribution is 2.31. The lowest BCUT2D eigenvalue weighted by atomic mass is 10.1. The van der Waals surface area contributed by atoms with Crippen LogP contribution in [-0.2, 0) is 0 Å². The zero-order chi connectivity index (χ0) is 13.9. The number of carbonyl (C=O) groups excluding carboxylic acids is 1. The fourth-order valence-electron chi connectivity index (χ4n) is 2.01. The third-order valence-corrected chi connectivity index (χ3v) is 3.12. The summed E-state index contributed by atoms with van der Waals surface area (Å²) in [6.45, 7) is 1.26. The number of nitrogens with zero attached hydrogens (tertiary/aromatic N) is 1. The number of halogens is 1. The van der Waals surface area contributed by atoms with Crippen molar-refractivity contribution in [3.63, 3.8) is 0 Å². The summed E-state index contributed by atoms with van der Waals surface area (Å²) in [7, 11) is 0. The average molecular weight is 290 g/mol. The summed E-state index contributed by atoms with van der Waals surface area (Å²) in [5.41, 5.74) is 1.29. The van der Waals surface area contributed by atoms with Crippen molar-refractivity contribution in [2.75, 3.05) is 23.8 Å². The zero-order valence-electron chi connectivity index (χ0n) is 10.5. The van der Waals surface area contributed by atoms with Crippen LogP contribution in [0.3, 0.4) is 0 Å². The first-order valence-corrected chi connectivity index (χ1v) is 6.54. The van der Waals surface area contributed by atoms with Gasteiger partial charge in [0.15, 0.2) is 5.75 Å². The molecule has 1 aromatic heterocycles. The van der Waals surface area contributed by atoms with Crippen molar-refractivity contribution in [1.82, 2.24) is 4.98 Å². The number of para-hydroxylation sites is 1. The van der Waals surface area contributed by atoms with Crippen molar-refractivity contribution in [2.45, 2.75) is 0 Å². The van der Waals surface area contributed by atoms with Gasteiger partial charge in [-0.15, -0.1) is 0 Å². The van der Waals surface area contributed by atoms with E-state index >= 15 is 0 Å². The van der Waals surface area contributed by atoms with Gasteiger partial charge in [0.05, 0.1) is 11.3 Å². The third kappa shape index (κ3) is 2.53. The van der Waals surface area contributed by atoms with E-state index in [-0.39, 0.29) is 5.91 Å². The van der Waals surface area contributed by atoms with Crippen molar-refractivity contribution in [1.29, 1.82) is 0 Å². The molecule has 1 aliphatic rings. The molecule has 102 valence electrons. The maximum Gasteiger partial charge on any atom is 0.260 e. The fourth-order valence-corrected chi connectivity index (χ4v) is 2.17. The second-order valence-corrected chi connectivity index (χ2v) is 4.71. The molecule has 0 radical (unpaired) electrons. The monoisotopic (exact) mass is 289 g/mol. The lowest BCUT2D eigenvalue weighted by Crippen LogP contribution is -2.22. The van der Waals surface area contributed by atoms with Crippen LogP contribution in [0.5, 0.6) is 5.75 Å². The highest BCUT2D eigenvalue weighted by atomic mass is 35.5. The molecule has 0 spiro atoms. The Morgan fingerprint density at radius 2 is 2.30 bits per heavy atom. The first kappa shape index (κ1) is 12.7. The van der Waals surface area contributed by atoms with Gasteiger partial charge in [0, 0.05) is 17.8 Å². The highest BCUT2D eigenvalue weighted by molar-refractivity contribution is 6.30. The molecule has 0 atom stereocenters. The number of hydrogen-bond donors (Lipinski definition) is 2. The Bertz CT molecular complexity index is 661. The Morgan fingerprint density at radius 3 is 3.15 bits per heavy atom. The predicted molar refractivity (Wildman–Crippen MR) is 77.6 cm³/mol. The van der Waals surface area contributed by atoms with Gasteiger partial charge in [0.25, 0.3) is 5.91 Å². The number of fused-ring (bicyclic) bond motifs is 1. The van der Waals surface area contributed by atoms with E-state index in [1.54, 1.807) is 24.3 Å². The molecule has 1 aliphatic heterocycles. The lowest BCUT2D eigenvalue weighted by Gasteiger charge is -2.21. The van der Waals surface area contributed by atoms with Crippen LogP contribution in [0.4, 0.5) is 11.5 Å². The molecule has 0 aliphatic carbocycles. The van der Waals surface area contributed by atoms with E-state index in [1.165, 1.54) is 6.20 Å². The summed E-state index contributed by atoms with van der Waals surface area (Å²) in [6, 6.07) is 8.64. The molecule has 3 rings (SSSR count). The minimum absolute atomic E-state index is 0.277. The third-order valence-electron chi connectivity index (χ3n) is 2.89. The van der Waals surface area contributed by atoms with Crippen molar-refractivity contribution >= 4 is 29.0 Å². The lowest BCUT2D eigenvalue weighted by molar-refractivity contribution is 0.102. The number of ether oxygens (including phenoxy) is 1. The van der Waals surface area contributed by atoms with Crippen molar-refractivity contribution in [3.05, 3.63) is 47.1 Å². The van der Waals surface area contributed by atoms with Crippen LogP contribution in [0, 0.1) is 0 Å². The molecular formula is C14H12ClN3O2. The molecule has 2 heterocycles. The standard InChI is InChI=1S/C14H12ClN3O2/c15-9-4-5-17-12(8-9)18-14(19)10-2-1-3-11-13(10)20-7-6-16-11/h1-5,8,16H,6-7H2,(H,17,18,19). The van der Waals surface area contributed by atoms with Crippen LogP contribution in [0.2, 0.25) is 5.02 Å². The van der Waals surface area contributed by atoms with Gasteiger partial charge < -0.3 is 15.4 Å². The van der Waals surface area contributed by atoms with Crippen LogP contribution >= 0.6 is 11.6 Å². The van der Waals surface area contributed by atoms with Gasteiger partial charge in [-0.3, -0.25) is 4.79 Å². The quantitative estimate of drug-likeness (QED) is 0.892. The molecule has 6 heteroatoms. The van der Waals surface area contributed by atoms with E-state index in [0.717, 1.165) is 12.2 Å². The van der Waals surface area contributed by atoms with Crippen molar-refractivity contribution in [3.8, 4) is 5.75 Å². The minimum atomic E-state index is -0.277. The Kier molecular flexibility index (Phi) is 3.43. The number of carbonyl (C=O) groups is 1. The number of aromatic nitrogens is 1. The van der Waals surface area contributed by atoms with Crippen molar-refractivity contribution in [2.24, 2.45) is 0 Å². The first-order valence-electron chi connectivity index (χ1n) is 6.16. The summed E-state index contributed by atoms with van der Waals surface area (Å²) < 4.78 is 5.57. The zero-order valence-corrected chi connectivity index (χ0v) is 11.3. The molecule has 1 aromatic carbocycles. The maximum absolute atomic E-state index is 12.3. The molecule has 0 unspecified atom stereocenters. The molecule has 2 N–H and O–H groups in total. The van der Waals surface area contributed by atoms with Gasteiger partial charge >= 0.3 is 0 Å². The van der Waals surface area contributed by atoms with Gasteiger partial charge in [-0.1, -0.05) is 17.7 Å². The normalized spacial score (nSPS) is 12.8. The van der Waals surface area contributed by atoms with E-state index < -0.39 is 0 Å². The first-order chi connectivity index (χ1) is 9.74. The Balaban J connectivity index is 1.88. The summed E-state index contributed by atoms with van der Waals surface area (Å²) >= 11 is 5.86. The number of pyridine rings is 1. The fraction of sp³-hybridized carbons (Fsp3) is 0.143. The second-order valence-electron chi connectivity index (χ2n) is 4.27. The van der Waals surface area contributed by atoms with Gasteiger partial charge in [-0.2, -0.15) is 0 Å².